The molecule has 2 aliphatic heterocycles. The van der Waals surface area contributed by atoms with Gasteiger partial charge in [0.15, 0.2) is 16.6 Å². The zero-order valence-electron chi connectivity index (χ0n) is 14.2. The third-order valence-electron chi connectivity index (χ3n) is 5.54. The van der Waals surface area contributed by atoms with Crippen LogP contribution in [-0.2, 0) is 12.0 Å². The molecule has 134 valence electrons. The summed E-state index contributed by atoms with van der Waals surface area (Å²) in [6.45, 7) is 1.53. The van der Waals surface area contributed by atoms with Gasteiger partial charge in [0.25, 0.3) is 0 Å². The number of aliphatic hydroxyl groups excluding tert-OH is 1. The van der Waals surface area contributed by atoms with Crippen molar-refractivity contribution in [2.45, 2.75) is 37.0 Å². The van der Waals surface area contributed by atoms with Gasteiger partial charge in [-0.1, -0.05) is 28.1 Å². The summed E-state index contributed by atoms with van der Waals surface area (Å²) in [6, 6.07) is 1.96. The highest BCUT2D eigenvalue weighted by Crippen LogP contribution is 2.57. The van der Waals surface area contributed by atoms with Crippen LogP contribution in [0.15, 0.2) is 22.7 Å². The molecule has 0 saturated heterocycles. The SMILES string of the molecule is CNC(=S)N1CC[C@]23C=C[C@@H](O)C[C@H]2Oc2c(OC)cc(Br)c(c23)C1. The van der Waals surface area contributed by atoms with E-state index in [1.165, 1.54) is 11.1 Å². The van der Waals surface area contributed by atoms with Crippen LogP contribution in [0, 0.1) is 0 Å². The highest BCUT2D eigenvalue weighted by atomic mass is 79.9. The number of ether oxygens (including phenoxy) is 2. The van der Waals surface area contributed by atoms with Crippen molar-refractivity contribution in [3.63, 3.8) is 0 Å². The second-order valence-electron chi connectivity index (χ2n) is 6.78. The minimum atomic E-state index is -0.472. The molecule has 1 spiro atoms. The Balaban J connectivity index is 1.93. The Morgan fingerprint density at radius 1 is 1.56 bits per heavy atom. The zero-order valence-corrected chi connectivity index (χ0v) is 16.6. The van der Waals surface area contributed by atoms with Crippen molar-refractivity contribution >= 4 is 33.3 Å². The number of methoxy groups -OCH3 is 1. The Kier molecular flexibility index (Phi) is 4.21. The Morgan fingerprint density at radius 3 is 3.08 bits per heavy atom. The van der Waals surface area contributed by atoms with Gasteiger partial charge >= 0.3 is 0 Å². The van der Waals surface area contributed by atoms with Crippen LogP contribution < -0.4 is 14.8 Å². The molecule has 7 heteroatoms. The predicted octanol–water partition coefficient (Wildman–Crippen LogP) is 2.49. The molecule has 25 heavy (non-hydrogen) atoms. The summed E-state index contributed by atoms with van der Waals surface area (Å²) in [7, 11) is 3.51. The first kappa shape index (κ1) is 17.1. The van der Waals surface area contributed by atoms with Crippen molar-refractivity contribution in [3.8, 4) is 11.5 Å². The van der Waals surface area contributed by atoms with Gasteiger partial charge in [-0.3, -0.25) is 0 Å². The van der Waals surface area contributed by atoms with E-state index in [4.69, 9.17) is 21.7 Å². The van der Waals surface area contributed by atoms with Gasteiger partial charge in [-0.25, -0.2) is 0 Å². The monoisotopic (exact) mass is 424 g/mol. The summed E-state index contributed by atoms with van der Waals surface area (Å²) in [4.78, 5) is 2.19. The molecule has 0 aromatic heterocycles. The summed E-state index contributed by atoms with van der Waals surface area (Å²) in [6.07, 6.45) is 4.94. The maximum absolute atomic E-state index is 10.1. The van der Waals surface area contributed by atoms with Crippen LogP contribution in [0.5, 0.6) is 11.5 Å². The molecule has 3 atom stereocenters. The van der Waals surface area contributed by atoms with Crippen LogP contribution in [0.1, 0.15) is 24.0 Å². The highest BCUT2D eigenvalue weighted by Gasteiger charge is 2.53. The first-order valence-electron chi connectivity index (χ1n) is 8.40. The topological polar surface area (TPSA) is 54.0 Å². The normalized spacial score (nSPS) is 29.4. The van der Waals surface area contributed by atoms with E-state index in [2.05, 4.69) is 32.2 Å². The van der Waals surface area contributed by atoms with Gasteiger partial charge in [0.2, 0.25) is 0 Å². The molecular formula is C18H21BrN2O3S. The molecule has 4 rings (SSSR count). The molecule has 5 nitrogen and oxygen atoms in total. The third-order valence-corrected chi connectivity index (χ3v) is 6.71. The van der Waals surface area contributed by atoms with Crippen molar-refractivity contribution in [1.82, 2.24) is 10.2 Å². The van der Waals surface area contributed by atoms with Crippen molar-refractivity contribution in [1.29, 1.82) is 0 Å². The van der Waals surface area contributed by atoms with Crippen LogP contribution >= 0.6 is 28.1 Å². The number of aliphatic hydroxyl groups is 1. The molecule has 1 aliphatic carbocycles. The fraction of sp³-hybridized carbons (Fsp3) is 0.500. The number of nitrogens with zero attached hydrogens (tertiary/aromatic N) is 1. The number of nitrogens with one attached hydrogen (secondary N) is 1. The minimum Gasteiger partial charge on any atom is -0.493 e. The lowest BCUT2D eigenvalue weighted by atomic mass is 9.69. The van der Waals surface area contributed by atoms with Crippen LogP contribution in [0.2, 0.25) is 0 Å². The second kappa shape index (κ2) is 6.14. The molecule has 0 bridgehead atoms. The Bertz CT molecular complexity index is 769. The quantitative estimate of drug-likeness (QED) is 0.533. The Labute approximate surface area is 161 Å². The van der Waals surface area contributed by atoms with Gasteiger partial charge in [0.1, 0.15) is 6.10 Å². The molecule has 0 radical (unpaired) electrons. The number of halogens is 1. The molecule has 0 fully saturated rings. The average molecular weight is 425 g/mol. The summed E-state index contributed by atoms with van der Waals surface area (Å²) in [5.74, 6) is 1.54. The van der Waals surface area contributed by atoms with Gasteiger partial charge < -0.3 is 24.8 Å². The van der Waals surface area contributed by atoms with Crippen LogP contribution in [0.4, 0.5) is 0 Å². The van der Waals surface area contributed by atoms with Gasteiger partial charge in [0, 0.05) is 36.6 Å². The number of hydrogen-bond donors (Lipinski definition) is 2. The summed E-state index contributed by atoms with van der Waals surface area (Å²) in [5.41, 5.74) is 2.10. The molecule has 1 aromatic rings. The summed E-state index contributed by atoms with van der Waals surface area (Å²) in [5, 5.41) is 13.9. The highest BCUT2D eigenvalue weighted by molar-refractivity contribution is 9.10. The molecule has 0 saturated carbocycles. The smallest absolute Gasteiger partial charge is 0.168 e. The summed E-state index contributed by atoms with van der Waals surface area (Å²) < 4.78 is 12.9. The van der Waals surface area contributed by atoms with Crippen molar-refractivity contribution in [2.75, 3.05) is 20.7 Å². The first-order chi connectivity index (χ1) is 12.0. The molecular weight excluding hydrogens is 404 g/mol. The third kappa shape index (κ3) is 2.47. The maximum atomic E-state index is 10.1. The largest absolute Gasteiger partial charge is 0.493 e. The standard InChI is InChI=1S/C18H21BrN2O3S/c1-20-17(25)21-6-5-18-4-3-10(22)7-14(18)24-16-13(23-2)8-12(19)11(9-21)15(16)18/h3-4,8,10,14,22H,5-7,9H2,1-2H3,(H,20,25)/t10-,14-,18-/m1/s1. The van der Waals surface area contributed by atoms with Crippen LogP contribution in [-0.4, -0.2) is 48.0 Å². The fourth-order valence-electron chi connectivity index (χ4n) is 4.29. The van der Waals surface area contributed by atoms with Crippen LogP contribution in [0.25, 0.3) is 0 Å². The lowest BCUT2D eigenvalue weighted by Crippen LogP contribution is -2.44. The van der Waals surface area contributed by atoms with E-state index in [1.54, 1.807) is 7.11 Å². The predicted molar refractivity (Wildman–Crippen MR) is 103 cm³/mol. The molecule has 0 amide bonds. The van der Waals surface area contributed by atoms with E-state index in [0.29, 0.717) is 13.0 Å². The van der Waals surface area contributed by atoms with E-state index in [0.717, 1.165) is 34.0 Å². The Hall–Kier alpha value is -1.31. The first-order valence-corrected chi connectivity index (χ1v) is 9.61. The number of thiocarbonyl (C=S) groups is 1. The van der Waals surface area contributed by atoms with E-state index < -0.39 is 6.10 Å². The molecule has 2 N–H and O–H groups in total. The Morgan fingerprint density at radius 2 is 2.36 bits per heavy atom. The molecule has 0 unspecified atom stereocenters. The minimum absolute atomic E-state index is 0.0902. The summed E-state index contributed by atoms with van der Waals surface area (Å²) >= 11 is 9.22. The zero-order chi connectivity index (χ0) is 17.8. The number of benzene rings is 1. The van der Waals surface area contributed by atoms with Gasteiger partial charge in [-0.2, -0.15) is 0 Å². The maximum Gasteiger partial charge on any atom is 0.168 e. The van der Waals surface area contributed by atoms with E-state index >= 15 is 0 Å². The molecule has 1 aromatic carbocycles. The van der Waals surface area contributed by atoms with Crippen LogP contribution in [0.3, 0.4) is 0 Å². The number of rotatable bonds is 1. The van der Waals surface area contributed by atoms with E-state index in [1.807, 2.05) is 19.2 Å². The second-order valence-corrected chi connectivity index (χ2v) is 8.02. The van der Waals surface area contributed by atoms with E-state index in [-0.39, 0.29) is 11.5 Å². The molecule has 3 aliphatic rings. The molecule has 2 heterocycles. The van der Waals surface area contributed by atoms with Crippen molar-refractivity contribution in [2.24, 2.45) is 0 Å². The fourth-order valence-corrected chi connectivity index (χ4v) is 4.98. The van der Waals surface area contributed by atoms with Gasteiger partial charge in [0.05, 0.1) is 18.6 Å². The van der Waals surface area contributed by atoms with E-state index in [9.17, 15) is 5.11 Å². The lowest BCUT2D eigenvalue weighted by molar-refractivity contribution is 0.0833. The average Bonchev–Trinajstić information content (AvgIpc) is 2.82. The van der Waals surface area contributed by atoms with Crippen molar-refractivity contribution < 1.29 is 14.6 Å². The van der Waals surface area contributed by atoms with Gasteiger partial charge in [-0.05, 0) is 30.3 Å². The number of hydrogen-bond acceptors (Lipinski definition) is 4. The van der Waals surface area contributed by atoms with Crippen molar-refractivity contribution in [3.05, 3.63) is 33.8 Å². The van der Waals surface area contributed by atoms with Gasteiger partial charge in [-0.15, -0.1) is 0 Å². The lowest BCUT2D eigenvalue weighted by Gasteiger charge is -2.36.